The van der Waals surface area contributed by atoms with Gasteiger partial charge in [0, 0.05) is 11.6 Å². The van der Waals surface area contributed by atoms with E-state index in [0.717, 1.165) is 31.4 Å². The first kappa shape index (κ1) is 14.9. The summed E-state index contributed by atoms with van der Waals surface area (Å²) >= 11 is 0. The zero-order valence-corrected chi connectivity index (χ0v) is 11.9. The second kappa shape index (κ2) is 5.49. The van der Waals surface area contributed by atoms with E-state index in [1.165, 1.54) is 6.07 Å². The molecule has 0 heterocycles. The third-order valence-corrected chi connectivity index (χ3v) is 4.46. The Kier molecular flexibility index (Phi) is 4.10. The lowest BCUT2D eigenvalue weighted by Gasteiger charge is -2.13. The van der Waals surface area contributed by atoms with Crippen LogP contribution in [0.2, 0.25) is 0 Å². The highest BCUT2D eigenvalue weighted by molar-refractivity contribution is 7.89. The lowest BCUT2D eigenvalue weighted by Crippen LogP contribution is -2.33. The van der Waals surface area contributed by atoms with Gasteiger partial charge in [0.05, 0.1) is 0 Å². The second-order valence-electron chi connectivity index (χ2n) is 5.28. The van der Waals surface area contributed by atoms with E-state index in [1.54, 1.807) is 0 Å². The highest BCUT2D eigenvalue weighted by Gasteiger charge is 2.24. The molecule has 1 aromatic rings. The molecule has 2 unspecified atom stereocenters. The highest BCUT2D eigenvalue weighted by atomic mass is 32.2. The average molecular weight is 300 g/mol. The molecule has 5 nitrogen and oxygen atoms in total. The fourth-order valence-electron chi connectivity index (χ4n) is 2.47. The molecule has 1 aliphatic carbocycles. The molecule has 0 radical (unpaired) electrons. The summed E-state index contributed by atoms with van der Waals surface area (Å²) in [5.41, 5.74) is 0.0926. The molecule has 2 rings (SSSR count). The van der Waals surface area contributed by atoms with E-state index in [4.69, 9.17) is 5.14 Å². The fourth-order valence-corrected chi connectivity index (χ4v) is 3.10. The lowest BCUT2D eigenvalue weighted by atomic mass is 10.1. The van der Waals surface area contributed by atoms with Crippen molar-refractivity contribution in [2.75, 3.05) is 0 Å². The van der Waals surface area contributed by atoms with Crippen LogP contribution in [0.1, 0.15) is 36.5 Å². The molecular formula is C13H17FN2O3S. The summed E-state index contributed by atoms with van der Waals surface area (Å²) < 4.78 is 35.8. The zero-order chi connectivity index (χ0) is 14.9. The van der Waals surface area contributed by atoms with Crippen molar-refractivity contribution in [2.24, 2.45) is 11.1 Å². The van der Waals surface area contributed by atoms with Gasteiger partial charge in [-0.05, 0) is 43.4 Å². The van der Waals surface area contributed by atoms with Crippen LogP contribution >= 0.6 is 0 Å². The Morgan fingerprint density at radius 2 is 2.10 bits per heavy atom. The summed E-state index contributed by atoms with van der Waals surface area (Å²) in [4.78, 5) is 11.4. The van der Waals surface area contributed by atoms with Crippen LogP contribution in [0.25, 0.3) is 0 Å². The van der Waals surface area contributed by atoms with E-state index in [-0.39, 0.29) is 11.6 Å². The van der Waals surface area contributed by atoms with Gasteiger partial charge < -0.3 is 5.32 Å². The van der Waals surface area contributed by atoms with Gasteiger partial charge in [0.2, 0.25) is 10.0 Å². The van der Waals surface area contributed by atoms with E-state index in [0.29, 0.717) is 5.92 Å². The standard InChI is InChI=1S/C13H17FN2O3S/c1-8-2-4-10(6-8)16-13(17)9-3-5-11(14)12(7-9)20(15,18)19/h3,5,7-8,10H,2,4,6H2,1H3,(H,16,17)(H2,15,18,19). The molecule has 2 atom stereocenters. The first-order chi connectivity index (χ1) is 9.27. The minimum absolute atomic E-state index is 0.0838. The van der Waals surface area contributed by atoms with Gasteiger partial charge >= 0.3 is 0 Å². The molecule has 1 fully saturated rings. The van der Waals surface area contributed by atoms with Crippen molar-refractivity contribution in [3.05, 3.63) is 29.6 Å². The number of benzene rings is 1. The first-order valence-corrected chi connectivity index (χ1v) is 7.95. The number of sulfonamides is 1. The van der Waals surface area contributed by atoms with Gasteiger partial charge in [-0.1, -0.05) is 6.92 Å². The van der Waals surface area contributed by atoms with Gasteiger partial charge in [0.1, 0.15) is 10.7 Å². The maximum Gasteiger partial charge on any atom is 0.251 e. The minimum atomic E-state index is -4.18. The number of hydrogen-bond acceptors (Lipinski definition) is 3. The van der Waals surface area contributed by atoms with Crippen LogP contribution < -0.4 is 10.5 Å². The molecule has 110 valence electrons. The summed E-state index contributed by atoms with van der Waals surface area (Å²) in [7, 11) is -4.18. The Bertz CT molecular complexity index is 631. The van der Waals surface area contributed by atoms with Gasteiger partial charge in [-0.25, -0.2) is 17.9 Å². The Balaban J connectivity index is 2.19. The lowest BCUT2D eigenvalue weighted by molar-refractivity contribution is 0.0937. The zero-order valence-electron chi connectivity index (χ0n) is 11.1. The monoisotopic (exact) mass is 300 g/mol. The third-order valence-electron chi connectivity index (χ3n) is 3.53. The molecule has 7 heteroatoms. The maximum absolute atomic E-state index is 13.4. The van der Waals surface area contributed by atoms with E-state index >= 15 is 0 Å². The van der Waals surface area contributed by atoms with Gasteiger partial charge in [0.25, 0.3) is 5.91 Å². The van der Waals surface area contributed by atoms with E-state index in [2.05, 4.69) is 12.2 Å². The number of primary sulfonamides is 1. The number of carbonyl (C=O) groups is 1. The van der Waals surface area contributed by atoms with Crippen LogP contribution in [-0.4, -0.2) is 20.4 Å². The van der Waals surface area contributed by atoms with Crippen LogP contribution in [0.3, 0.4) is 0 Å². The van der Waals surface area contributed by atoms with Crippen molar-refractivity contribution in [3.8, 4) is 0 Å². The molecular weight excluding hydrogens is 283 g/mol. The fraction of sp³-hybridized carbons (Fsp3) is 0.462. The smallest absolute Gasteiger partial charge is 0.251 e. The molecule has 0 spiro atoms. The van der Waals surface area contributed by atoms with Crippen LogP contribution in [0.15, 0.2) is 23.1 Å². The first-order valence-electron chi connectivity index (χ1n) is 6.40. The average Bonchev–Trinajstić information content (AvgIpc) is 2.73. The Morgan fingerprint density at radius 1 is 1.40 bits per heavy atom. The van der Waals surface area contributed by atoms with Gasteiger partial charge in [-0.2, -0.15) is 0 Å². The Hall–Kier alpha value is -1.47. The van der Waals surface area contributed by atoms with Crippen LogP contribution in [0.5, 0.6) is 0 Å². The minimum Gasteiger partial charge on any atom is -0.349 e. The molecule has 1 amide bonds. The summed E-state index contributed by atoms with van der Waals surface area (Å²) in [6.07, 6.45) is 2.85. The second-order valence-corrected chi connectivity index (χ2v) is 6.81. The number of amides is 1. The maximum atomic E-state index is 13.4. The summed E-state index contributed by atoms with van der Waals surface area (Å²) in [6.45, 7) is 2.11. The molecule has 0 aliphatic heterocycles. The van der Waals surface area contributed by atoms with Crippen LogP contribution in [0, 0.1) is 11.7 Å². The quantitative estimate of drug-likeness (QED) is 0.884. The molecule has 0 aromatic heterocycles. The van der Waals surface area contributed by atoms with Gasteiger partial charge in [-0.15, -0.1) is 0 Å². The number of hydrogen-bond donors (Lipinski definition) is 2. The largest absolute Gasteiger partial charge is 0.349 e. The predicted octanol–water partition coefficient (Wildman–Crippen LogP) is 1.39. The Morgan fingerprint density at radius 3 is 2.65 bits per heavy atom. The van der Waals surface area contributed by atoms with Crippen molar-refractivity contribution in [1.29, 1.82) is 0 Å². The molecule has 1 saturated carbocycles. The topological polar surface area (TPSA) is 89.3 Å². The van der Waals surface area contributed by atoms with E-state index in [9.17, 15) is 17.6 Å². The number of nitrogens with one attached hydrogen (secondary N) is 1. The molecule has 1 aromatic carbocycles. The normalized spacial score (nSPS) is 22.8. The number of halogens is 1. The SMILES string of the molecule is CC1CCC(NC(=O)c2ccc(F)c(S(N)(=O)=O)c2)C1. The molecule has 20 heavy (non-hydrogen) atoms. The van der Waals surface area contributed by atoms with Crippen molar-refractivity contribution in [2.45, 2.75) is 37.1 Å². The summed E-state index contributed by atoms with van der Waals surface area (Å²) in [5.74, 6) is -0.805. The van der Waals surface area contributed by atoms with E-state index in [1.807, 2.05) is 0 Å². The number of carbonyl (C=O) groups excluding carboxylic acids is 1. The van der Waals surface area contributed by atoms with Crippen LogP contribution in [0.4, 0.5) is 4.39 Å². The number of rotatable bonds is 3. The van der Waals surface area contributed by atoms with E-state index < -0.39 is 26.6 Å². The van der Waals surface area contributed by atoms with Crippen molar-refractivity contribution >= 4 is 15.9 Å². The van der Waals surface area contributed by atoms with Gasteiger partial charge in [0.15, 0.2) is 0 Å². The van der Waals surface area contributed by atoms with Crippen LogP contribution in [-0.2, 0) is 10.0 Å². The highest BCUT2D eigenvalue weighted by Crippen LogP contribution is 2.25. The summed E-state index contributed by atoms with van der Waals surface area (Å²) in [5, 5.41) is 7.74. The molecule has 0 bridgehead atoms. The van der Waals surface area contributed by atoms with Crippen molar-refractivity contribution in [1.82, 2.24) is 5.32 Å². The van der Waals surface area contributed by atoms with Crippen molar-refractivity contribution in [3.63, 3.8) is 0 Å². The predicted molar refractivity (Wildman–Crippen MR) is 72.0 cm³/mol. The number of nitrogens with two attached hydrogens (primary N) is 1. The van der Waals surface area contributed by atoms with Gasteiger partial charge in [-0.3, -0.25) is 4.79 Å². The molecule has 3 N–H and O–H groups in total. The molecule has 1 aliphatic rings. The third kappa shape index (κ3) is 3.34. The summed E-state index contributed by atoms with van der Waals surface area (Å²) in [6, 6.07) is 3.24. The Labute approximate surface area is 117 Å². The van der Waals surface area contributed by atoms with Crippen molar-refractivity contribution < 1.29 is 17.6 Å². The molecule has 0 saturated heterocycles.